The second-order valence-electron chi connectivity index (χ2n) is 5.38. The molecular weight excluding hydrogens is 394 g/mol. The molecule has 0 radical (unpaired) electrons. The van der Waals surface area contributed by atoms with Gasteiger partial charge in [0, 0.05) is 11.4 Å². The molecule has 1 atom stereocenters. The fourth-order valence-corrected chi connectivity index (χ4v) is 3.24. The molecule has 0 saturated heterocycles. The summed E-state index contributed by atoms with van der Waals surface area (Å²) in [5.74, 6) is 0. The monoisotopic (exact) mass is 413 g/mol. The predicted octanol–water partition coefficient (Wildman–Crippen LogP) is 4.28. The Labute approximate surface area is 143 Å². The molecular formula is C16H21Br2N3. The molecule has 1 aromatic heterocycles. The Morgan fingerprint density at radius 2 is 1.95 bits per heavy atom. The quantitative estimate of drug-likeness (QED) is 0.630. The van der Waals surface area contributed by atoms with Gasteiger partial charge in [0.1, 0.15) is 0 Å². The van der Waals surface area contributed by atoms with Crippen molar-refractivity contribution in [3.05, 3.63) is 52.3 Å². The van der Waals surface area contributed by atoms with Gasteiger partial charge in [0.15, 0.2) is 0 Å². The van der Waals surface area contributed by atoms with Gasteiger partial charge in [0.2, 0.25) is 0 Å². The molecule has 0 aliphatic carbocycles. The van der Waals surface area contributed by atoms with Gasteiger partial charge >= 0.3 is 0 Å². The van der Waals surface area contributed by atoms with Crippen LogP contribution in [0.1, 0.15) is 22.5 Å². The van der Waals surface area contributed by atoms with E-state index in [2.05, 4.69) is 91.0 Å². The fraction of sp³-hybridized carbons (Fsp3) is 0.438. The zero-order chi connectivity index (χ0) is 15.2. The van der Waals surface area contributed by atoms with Crippen LogP contribution in [-0.2, 0) is 13.0 Å². The Morgan fingerprint density at radius 3 is 2.62 bits per heavy atom. The average molecular weight is 415 g/mol. The molecule has 5 heteroatoms. The van der Waals surface area contributed by atoms with E-state index < -0.39 is 0 Å². The van der Waals surface area contributed by atoms with E-state index in [1.54, 1.807) is 0 Å². The second-order valence-corrected chi connectivity index (χ2v) is 7.34. The third kappa shape index (κ3) is 4.94. The van der Waals surface area contributed by atoms with Crippen molar-refractivity contribution in [1.29, 1.82) is 0 Å². The van der Waals surface area contributed by atoms with Crippen molar-refractivity contribution in [1.82, 2.24) is 14.7 Å². The number of aromatic nitrogens is 2. The van der Waals surface area contributed by atoms with Crippen LogP contribution in [0.25, 0.3) is 0 Å². The van der Waals surface area contributed by atoms with Crippen molar-refractivity contribution in [2.45, 2.75) is 24.2 Å². The maximum atomic E-state index is 4.47. The maximum Gasteiger partial charge on any atom is 0.0635 e. The lowest BCUT2D eigenvalue weighted by atomic mass is 10.1. The third-order valence-electron chi connectivity index (χ3n) is 3.45. The van der Waals surface area contributed by atoms with Crippen LogP contribution in [0, 0.1) is 0 Å². The highest BCUT2D eigenvalue weighted by Gasteiger charge is 2.13. The Morgan fingerprint density at radius 1 is 1.24 bits per heavy atom. The van der Waals surface area contributed by atoms with E-state index in [1.807, 2.05) is 6.20 Å². The summed E-state index contributed by atoms with van der Waals surface area (Å²) in [5.41, 5.74) is 2.60. The number of benzene rings is 1. The molecule has 1 aromatic carbocycles. The number of halogens is 2. The maximum absolute atomic E-state index is 4.47. The van der Waals surface area contributed by atoms with Gasteiger partial charge in [-0.3, -0.25) is 4.68 Å². The molecule has 21 heavy (non-hydrogen) atoms. The summed E-state index contributed by atoms with van der Waals surface area (Å²) in [5, 5.41) is 4.47. The number of likely N-dealkylation sites (N-methyl/N-ethyl adjacent to an activating group) is 1. The molecule has 1 unspecified atom stereocenters. The molecule has 0 amide bonds. The Balaban J connectivity index is 1.98. The fourth-order valence-electron chi connectivity index (χ4n) is 2.22. The van der Waals surface area contributed by atoms with Crippen molar-refractivity contribution in [3.63, 3.8) is 0 Å². The van der Waals surface area contributed by atoms with Crippen molar-refractivity contribution < 1.29 is 0 Å². The normalized spacial score (nSPS) is 12.8. The van der Waals surface area contributed by atoms with Crippen molar-refractivity contribution >= 4 is 31.9 Å². The largest absolute Gasteiger partial charge is 0.308 e. The van der Waals surface area contributed by atoms with Crippen LogP contribution in [-0.4, -0.2) is 35.3 Å². The summed E-state index contributed by atoms with van der Waals surface area (Å²) >= 11 is 7.41. The van der Waals surface area contributed by atoms with Gasteiger partial charge in [0.25, 0.3) is 0 Å². The molecule has 0 saturated carbocycles. The van der Waals surface area contributed by atoms with Gasteiger partial charge < -0.3 is 4.90 Å². The van der Waals surface area contributed by atoms with Gasteiger partial charge in [0.05, 0.1) is 22.9 Å². The molecule has 0 N–H and O–H groups in total. The highest BCUT2D eigenvalue weighted by molar-refractivity contribution is 9.10. The van der Waals surface area contributed by atoms with Gasteiger partial charge in [-0.05, 0) is 48.4 Å². The van der Waals surface area contributed by atoms with Crippen LogP contribution in [0.2, 0.25) is 0 Å². The van der Waals surface area contributed by atoms with E-state index in [-0.39, 0.29) is 0 Å². The molecule has 1 heterocycles. The minimum Gasteiger partial charge on any atom is -0.308 e. The minimum atomic E-state index is 0.378. The lowest BCUT2D eigenvalue weighted by Crippen LogP contribution is -2.20. The summed E-state index contributed by atoms with van der Waals surface area (Å²) in [6.45, 7) is 1.92. The van der Waals surface area contributed by atoms with Gasteiger partial charge in [-0.15, -0.1) is 0 Å². The molecule has 3 nitrogen and oxygen atoms in total. The highest BCUT2D eigenvalue weighted by atomic mass is 79.9. The molecule has 2 rings (SSSR count). The molecule has 0 fully saturated rings. The third-order valence-corrected chi connectivity index (χ3v) is 5.10. The van der Waals surface area contributed by atoms with E-state index in [0.717, 1.165) is 30.4 Å². The summed E-state index contributed by atoms with van der Waals surface area (Å²) in [6.07, 6.45) is 3.95. The molecule has 0 aliphatic rings. The summed E-state index contributed by atoms with van der Waals surface area (Å²) in [6, 6.07) is 10.5. The standard InChI is InChI=1S/C16H21Br2N3/c1-20(2)10-11-21-16(15(18)12-19-21)9-8-14(17)13-6-4-3-5-7-13/h3-7,12,14H,8-11H2,1-2H3. The minimum absolute atomic E-state index is 0.378. The lowest BCUT2D eigenvalue weighted by Gasteiger charge is -2.14. The highest BCUT2D eigenvalue weighted by Crippen LogP contribution is 2.29. The molecule has 0 aliphatic heterocycles. The van der Waals surface area contributed by atoms with Crippen LogP contribution in [0.15, 0.2) is 41.0 Å². The predicted molar refractivity (Wildman–Crippen MR) is 94.9 cm³/mol. The number of alkyl halides is 1. The summed E-state index contributed by atoms with van der Waals surface area (Å²) < 4.78 is 3.21. The Bertz CT molecular complexity index is 552. The molecule has 0 bridgehead atoms. The lowest BCUT2D eigenvalue weighted by molar-refractivity contribution is 0.369. The van der Waals surface area contributed by atoms with Crippen LogP contribution in [0.4, 0.5) is 0 Å². The van der Waals surface area contributed by atoms with Crippen LogP contribution in [0.5, 0.6) is 0 Å². The zero-order valence-corrected chi connectivity index (χ0v) is 15.6. The first-order chi connectivity index (χ1) is 10.1. The van der Waals surface area contributed by atoms with Gasteiger partial charge in [-0.25, -0.2) is 0 Å². The zero-order valence-electron chi connectivity index (χ0n) is 12.5. The van der Waals surface area contributed by atoms with Crippen LogP contribution < -0.4 is 0 Å². The van der Waals surface area contributed by atoms with E-state index in [4.69, 9.17) is 0 Å². The summed E-state index contributed by atoms with van der Waals surface area (Å²) in [7, 11) is 4.17. The topological polar surface area (TPSA) is 21.1 Å². The SMILES string of the molecule is CN(C)CCn1ncc(Br)c1CCC(Br)c1ccccc1. The van der Waals surface area contributed by atoms with Crippen LogP contribution >= 0.6 is 31.9 Å². The Hall–Kier alpha value is -0.650. The van der Waals surface area contributed by atoms with E-state index >= 15 is 0 Å². The number of rotatable bonds is 7. The summed E-state index contributed by atoms with van der Waals surface area (Å²) in [4.78, 5) is 2.55. The second kappa shape index (κ2) is 8.11. The van der Waals surface area contributed by atoms with E-state index in [0.29, 0.717) is 4.83 Å². The van der Waals surface area contributed by atoms with Gasteiger partial charge in [-0.2, -0.15) is 5.10 Å². The first-order valence-corrected chi connectivity index (χ1v) is 8.82. The van der Waals surface area contributed by atoms with Gasteiger partial charge in [-0.1, -0.05) is 46.3 Å². The number of hydrogen-bond donors (Lipinski definition) is 0. The average Bonchev–Trinajstić information content (AvgIpc) is 2.84. The van der Waals surface area contributed by atoms with E-state index in [1.165, 1.54) is 11.3 Å². The van der Waals surface area contributed by atoms with E-state index in [9.17, 15) is 0 Å². The van der Waals surface area contributed by atoms with Crippen molar-refractivity contribution in [2.24, 2.45) is 0 Å². The van der Waals surface area contributed by atoms with Crippen LogP contribution in [0.3, 0.4) is 0 Å². The first-order valence-electron chi connectivity index (χ1n) is 7.12. The first kappa shape index (κ1) is 16.7. The van der Waals surface area contributed by atoms with Crippen molar-refractivity contribution in [2.75, 3.05) is 20.6 Å². The van der Waals surface area contributed by atoms with Crippen molar-refractivity contribution in [3.8, 4) is 0 Å². The Kier molecular flexibility index (Phi) is 6.45. The molecule has 0 spiro atoms. The number of hydrogen-bond acceptors (Lipinski definition) is 2. The number of nitrogens with zero attached hydrogens (tertiary/aromatic N) is 3. The molecule has 114 valence electrons. The molecule has 2 aromatic rings. The smallest absolute Gasteiger partial charge is 0.0635 e.